The Balaban J connectivity index is 1.91. The maximum Gasteiger partial charge on any atom is 0.265 e. The zero-order valence-corrected chi connectivity index (χ0v) is 18.4. The first-order valence-corrected chi connectivity index (χ1v) is 11.5. The minimum atomic E-state index is -4.63. The molecule has 1 aliphatic rings. The predicted octanol–water partition coefficient (Wildman–Crippen LogP) is 4.05. The Morgan fingerprint density at radius 1 is 1.03 bits per heavy atom. The van der Waals surface area contributed by atoms with Crippen LogP contribution in [-0.2, 0) is 21.4 Å². The lowest BCUT2D eigenvalue weighted by molar-refractivity contribution is 0.0901. The Bertz CT molecular complexity index is 1370. The van der Waals surface area contributed by atoms with Gasteiger partial charge in [0.15, 0.2) is 5.75 Å². The Hall–Kier alpha value is -3.21. The fourth-order valence-electron chi connectivity index (χ4n) is 3.37. The van der Waals surface area contributed by atoms with E-state index in [2.05, 4.69) is 5.32 Å². The summed E-state index contributed by atoms with van der Waals surface area (Å²) in [6.45, 7) is 0.268. The van der Waals surface area contributed by atoms with Crippen molar-refractivity contribution in [2.24, 2.45) is 0 Å². The van der Waals surface area contributed by atoms with Gasteiger partial charge in [-0.05, 0) is 29.3 Å². The van der Waals surface area contributed by atoms with E-state index in [9.17, 15) is 27.1 Å². The molecule has 0 spiro atoms. The van der Waals surface area contributed by atoms with E-state index in [1.165, 1.54) is 0 Å². The van der Waals surface area contributed by atoms with Crippen LogP contribution in [0.1, 0.15) is 15.9 Å². The van der Waals surface area contributed by atoms with Crippen molar-refractivity contribution in [3.8, 4) is 16.9 Å². The minimum absolute atomic E-state index is 0.0512. The molecule has 1 amide bonds. The lowest BCUT2D eigenvalue weighted by Crippen LogP contribution is -2.27. The Labute approximate surface area is 193 Å². The standard InChI is InChI=1S/C22H17ClF2N2O5S/c23-16-7-13-8-20(21(16)28)33(30,31)27-19-9-15(17(24)10-18(19)25)14-4-2-1-3-12(14)11-32-6-5-26-22(13)29/h1-4,7-10,27-28H,5-6,11H2,(H,26,29). The number of aromatic hydroxyl groups is 1. The van der Waals surface area contributed by atoms with Crippen LogP contribution in [0.2, 0.25) is 5.02 Å². The first kappa shape index (κ1) is 23.0. The molecule has 33 heavy (non-hydrogen) atoms. The monoisotopic (exact) mass is 494 g/mol. The van der Waals surface area contributed by atoms with Gasteiger partial charge in [-0.3, -0.25) is 9.52 Å². The van der Waals surface area contributed by atoms with Crippen molar-refractivity contribution in [2.45, 2.75) is 11.5 Å². The molecule has 0 radical (unpaired) electrons. The van der Waals surface area contributed by atoms with Crippen molar-refractivity contribution in [3.05, 3.63) is 76.3 Å². The summed E-state index contributed by atoms with van der Waals surface area (Å²) in [5.41, 5.74) is 0.199. The molecule has 0 aliphatic carbocycles. The van der Waals surface area contributed by atoms with Gasteiger partial charge < -0.3 is 15.2 Å². The molecule has 3 aromatic carbocycles. The van der Waals surface area contributed by atoms with Crippen LogP contribution in [0.3, 0.4) is 0 Å². The van der Waals surface area contributed by atoms with Crippen molar-refractivity contribution in [2.75, 3.05) is 17.9 Å². The summed E-state index contributed by atoms with van der Waals surface area (Å²) in [7, 11) is -4.63. The summed E-state index contributed by atoms with van der Waals surface area (Å²) in [6.07, 6.45) is 0. The normalized spacial score (nSPS) is 15.8. The molecule has 4 rings (SSSR count). The van der Waals surface area contributed by atoms with E-state index in [0.29, 0.717) is 17.2 Å². The molecule has 3 N–H and O–H groups in total. The second kappa shape index (κ2) is 8.97. The van der Waals surface area contributed by atoms with E-state index in [0.717, 1.165) is 18.2 Å². The molecule has 0 saturated heterocycles. The second-order valence-electron chi connectivity index (χ2n) is 7.19. The highest BCUT2D eigenvalue weighted by molar-refractivity contribution is 7.92. The summed E-state index contributed by atoms with van der Waals surface area (Å²) < 4.78 is 62.8. The van der Waals surface area contributed by atoms with Crippen LogP contribution in [0.25, 0.3) is 11.1 Å². The van der Waals surface area contributed by atoms with Gasteiger partial charge in [0.2, 0.25) is 0 Å². The van der Waals surface area contributed by atoms with Gasteiger partial charge in [-0.15, -0.1) is 0 Å². The average Bonchev–Trinajstić information content (AvgIpc) is 2.76. The number of anilines is 1. The first-order chi connectivity index (χ1) is 15.7. The number of halogens is 3. The number of phenolic OH excluding ortho intramolecular Hbond substituents is 1. The van der Waals surface area contributed by atoms with Gasteiger partial charge in [0.1, 0.15) is 16.5 Å². The quantitative estimate of drug-likeness (QED) is 0.437. The molecule has 4 bridgehead atoms. The van der Waals surface area contributed by atoms with Crippen molar-refractivity contribution < 1.29 is 31.8 Å². The SMILES string of the molecule is O=C1NCCOCc2ccccc2-c2cc(c(F)cc2F)NS(=O)(=O)c2cc1cc(Cl)c2O. The number of rotatable bonds is 0. The number of sulfonamides is 1. The number of carbonyl (C=O) groups is 1. The molecule has 172 valence electrons. The van der Waals surface area contributed by atoms with Gasteiger partial charge in [-0.2, -0.15) is 0 Å². The number of fused-ring (bicyclic) bond motifs is 6. The number of nitrogens with one attached hydrogen (secondary N) is 2. The lowest BCUT2D eigenvalue weighted by atomic mass is 9.99. The number of hydrogen-bond donors (Lipinski definition) is 3. The largest absolute Gasteiger partial charge is 0.505 e. The van der Waals surface area contributed by atoms with Crippen LogP contribution in [-0.4, -0.2) is 32.6 Å². The zero-order valence-electron chi connectivity index (χ0n) is 16.9. The molecule has 1 heterocycles. The number of carbonyl (C=O) groups excluding carboxylic acids is 1. The van der Waals surface area contributed by atoms with E-state index >= 15 is 0 Å². The molecule has 0 fully saturated rings. The number of amides is 1. The molecule has 7 nitrogen and oxygen atoms in total. The highest BCUT2D eigenvalue weighted by atomic mass is 35.5. The van der Waals surface area contributed by atoms with Crippen LogP contribution in [0.15, 0.2) is 53.4 Å². The fourth-order valence-corrected chi connectivity index (χ4v) is 4.85. The number of ether oxygens (including phenoxy) is 1. The van der Waals surface area contributed by atoms with Crippen molar-refractivity contribution >= 4 is 33.2 Å². The third kappa shape index (κ3) is 4.63. The van der Waals surface area contributed by atoms with Gasteiger partial charge in [0, 0.05) is 23.7 Å². The Kier molecular flexibility index (Phi) is 6.24. The molecular weight excluding hydrogens is 478 g/mol. The van der Waals surface area contributed by atoms with Gasteiger partial charge in [0.25, 0.3) is 15.9 Å². The highest BCUT2D eigenvalue weighted by Crippen LogP contribution is 2.36. The summed E-state index contributed by atoms with van der Waals surface area (Å²) in [6, 6.07) is 10.2. The third-order valence-electron chi connectivity index (χ3n) is 4.98. The first-order valence-electron chi connectivity index (χ1n) is 9.66. The Morgan fingerprint density at radius 2 is 1.79 bits per heavy atom. The van der Waals surface area contributed by atoms with Crippen molar-refractivity contribution in [3.63, 3.8) is 0 Å². The third-order valence-corrected chi connectivity index (χ3v) is 6.65. The van der Waals surface area contributed by atoms with E-state index in [-0.39, 0.29) is 30.9 Å². The smallest absolute Gasteiger partial charge is 0.265 e. The average molecular weight is 495 g/mol. The fraction of sp³-hybridized carbons (Fsp3) is 0.136. The van der Waals surface area contributed by atoms with Crippen LogP contribution < -0.4 is 10.0 Å². The maximum atomic E-state index is 14.7. The zero-order chi connectivity index (χ0) is 23.8. The van der Waals surface area contributed by atoms with E-state index in [1.807, 2.05) is 4.72 Å². The minimum Gasteiger partial charge on any atom is -0.505 e. The topological polar surface area (TPSA) is 105 Å². The van der Waals surface area contributed by atoms with Gasteiger partial charge >= 0.3 is 0 Å². The lowest BCUT2D eigenvalue weighted by Gasteiger charge is -2.16. The van der Waals surface area contributed by atoms with Gasteiger partial charge in [0.05, 0.1) is 23.9 Å². The van der Waals surface area contributed by atoms with Crippen LogP contribution in [0.4, 0.5) is 14.5 Å². The predicted molar refractivity (Wildman–Crippen MR) is 118 cm³/mol. The number of benzene rings is 3. The summed E-state index contributed by atoms with van der Waals surface area (Å²) in [5, 5.41) is 12.4. The highest BCUT2D eigenvalue weighted by Gasteiger charge is 2.26. The van der Waals surface area contributed by atoms with Crippen LogP contribution in [0, 0.1) is 11.6 Å². The van der Waals surface area contributed by atoms with Crippen LogP contribution >= 0.6 is 11.6 Å². The van der Waals surface area contributed by atoms with Crippen molar-refractivity contribution in [1.82, 2.24) is 5.32 Å². The Morgan fingerprint density at radius 3 is 2.58 bits per heavy atom. The molecule has 0 saturated carbocycles. The van der Waals surface area contributed by atoms with Crippen molar-refractivity contribution in [1.29, 1.82) is 0 Å². The van der Waals surface area contributed by atoms with Gasteiger partial charge in [-0.25, -0.2) is 17.2 Å². The molecular formula is C22H17ClF2N2O5S. The van der Waals surface area contributed by atoms with Crippen LogP contribution in [0.5, 0.6) is 5.75 Å². The number of hydrogen-bond acceptors (Lipinski definition) is 5. The molecule has 1 aliphatic heterocycles. The molecule has 0 atom stereocenters. The second-order valence-corrected chi connectivity index (χ2v) is 9.25. The summed E-state index contributed by atoms with van der Waals surface area (Å²) in [5.74, 6) is -3.55. The summed E-state index contributed by atoms with van der Waals surface area (Å²) in [4.78, 5) is 11.7. The maximum absolute atomic E-state index is 14.7. The van der Waals surface area contributed by atoms with E-state index < -0.39 is 48.9 Å². The van der Waals surface area contributed by atoms with E-state index in [4.69, 9.17) is 16.3 Å². The molecule has 11 heteroatoms. The number of phenols is 1. The van der Waals surface area contributed by atoms with E-state index in [1.54, 1.807) is 24.3 Å². The summed E-state index contributed by atoms with van der Waals surface area (Å²) >= 11 is 5.93. The molecule has 3 aromatic rings. The van der Waals surface area contributed by atoms with Gasteiger partial charge in [-0.1, -0.05) is 35.9 Å². The molecule has 0 unspecified atom stereocenters. The molecule has 0 aromatic heterocycles.